The topological polar surface area (TPSA) is 61.0 Å². The number of hydrogen-bond acceptors (Lipinski definition) is 4. The van der Waals surface area contributed by atoms with Crippen LogP contribution in [0.3, 0.4) is 0 Å². The van der Waals surface area contributed by atoms with Gasteiger partial charge < -0.3 is 15.2 Å². The van der Waals surface area contributed by atoms with Crippen molar-refractivity contribution in [3.8, 4) is 0 Å². The van der Waals surface area contributed by atoms with Crippen LogP contribution in [0.15, 0.2) is 15.6 Å². The Kier molecular flexibility index (Phi) is 5.39. The van der Waals surface area contributed by atoms with Crippen molar-refractivity contribution in [2.75, 3.05) is 31.1 Å². The lowest BCUT2D eigenvalue weighted by molar-refractivity contribution is 0.372. The second kappa shape index (κ2) is 7.05. The van der Waals surface area contributed by atoms with Crippen LogP contribution in [-0.4, -0.2) is 36.1 Å². The van der Waals surface area contributed by atoms with Crippen molar-refractivity contribution in [1.82, 2.24) is 15.3 Å². The Hall–Kier alpha value is -0.880. The first-order valence-corrected chi connectivity index (χ1v) is 7.70. The van der Waals surface area contributed by atoms with Crippen LogP contribution < -0.4 is 15.8 Å². The van der Waals surface area contributed by atoms with Gasteiger partial charge in [-0.1, -0.05) is 6.92 Å². The second-order valence-electron chi connectivity index (χ2n) is 5.01. The van der Waals surface area contributed by atoms with E-state index in [-0.39, 0.29) is 5.56 Å². The number of halogens is 1. The summed E-state index contributed by atoms with van der Waals surface area (Å²) in [6, 6.07) is 0. The Morgan fingerprint density at radius 3 is 2.89 bits per heavy atom. The lowest BCUT2D eigenvalue weighted by Crippen LogP contribution is -2.37. The Balaban J connectivity index is 2.14. The lowest BCUT2D eigenvalue weighted by Gasteiger charge is -2.31. The number of rotatable bonds is 5. The number of H-pyrrole nitrogens is 1. The summed E-state index contributed by atoms with van der Waals surface area (Å²) in [5, 5.41) is 3.38. The van der Waals surface area contributed by atoms with Crippen molar-refractivity contribution in [3.05, 3.63) is 21.2 Å². The fraction of sp³-hybridized carbons (Fsp3) is 0.692. The van der Waals surface area contributed by atoms with E-state index in [1.165, 1.54) is 19.2 Å². The average molecular weight is 329 g/mol. The maximum Gasteiger partial charge on any atom is 0.267 e. The molecule has 19 heavy (non-hydrogen) atoms. The molecule has 1 fully saturated rings. The highest BCUT2D eigenvalue weighted by Gasteiger charge is 2.20. The molecule has 2 N–H and O–H groups in total. The smallest absolute Gasteiger partial charge is 0.267 e. The highest BCUT2D eigenvalue weighted by atomic mass is 79.9. The Morgan fingerprint density at radius 2 is 2.21 bits per heavy atom. The SMILES string of the molecule is CCCN(CC1CCNCC1)c1nc[nH]c(=O)c1Br. The predicted octanol–water partition coefficient (Wildman–Crippen LogP) is 1.75. The zero-order valence-corrected chi connectivity index (χ0v) is 12.9. The fourth-order valence-electron chi connectivity index (χ4n) is 2.52. The van der Waals surface area contributed by atoms with Crippen molar-refractivity contribution < 1.29 is 0 Å². The number of nitrogens with one attached hydrogen (secondary N) is 2. The molecule has 0 amide bonds. The molecule has 2 heterocycles. The first kappa shape index (κ1) is 14.5. The molecule has 1 aliphatic heterocycles. The number of nitrogens with zero attached hydrogens (tertiary/aromatic N) is 2. The molecule has 1 saturated heterocycles. The molecule has 0 atom stereocenters. The van der Waals surface area contributed by atoms with E-state index in [0.717, 1.165) is 38.4 Å². The van der Waals surface area contributed by atoms with Gasteiger partial charge in [0.15, 0.2) is 0 Å². The number of piperidine rings is 1. The van der Waals surface area contributed by atoms with E-state index in [0.29, 0.717) is 10.4 Å². The standard InChI is InChI=1S/C13H21BrN4O/c1-2-7-18(8-10-3-5-15-6-4-10)12-11(14)13(19)17-9-16-12/h9-10,15H,2-8H2,1H3,(H,16,17,19). The molecule has 1 aromatic heterocycles. The quantitative estimate of drug-likeness (QED) is 0.864. The average Bonchev–Trinajstić information content (AvgIpc) is 2.43. The zero-order chi connectivity index (χ0) is 13.7. The van der Waals surface area contributed by atoms with Gasteiger partial charge >= 0.3 is 0 Å². The van der Waals surface area contributed by atoms with Crippen molar-refractivity contribution in [3.63, 3.8) is 0 Å². The third-order valence-electron chi connectivity index (χ3n) is 3.51. The van der Waals surface area contributed by atoms with Gasteiger partial charge in [0.2, 0.25) is 0 Å². The number of aromatic nitrogens is 2. The molecule has 0 saturated carbocycles. The summed E-state index contributed by atoms with van der Waals surface area (Å²) in [5.74, 6) is 1.45. The van der Waals surface area contributed by atoms with Gasteiger partial charge in [-0.3, -0.25) is 4.79 Å². The van der Waals surface area contributed by atoms with Crippen LogP contribution in [0.1, 0.15) is 26.2 Å². The Bertz CT molecular complexity index is 456. The van der Waals surface area contributed by atoms with Crippen LogP contribution in [0.2, 0.25) is 0 Å². The van der Waals surface area contributed by atoms with E-state index in [4.69, 9.17) is 0 Å². The fourth-order valence-corrected chi connectivity index (χ4v) is 2.99. The van der Waals surface area contributed by atoms with Crippen molar-refractivity contribution in [2.24, 2.45) is 5.92 Å². The molecule has 1 aromatic rings. The molecule has 0 aromatic carbocycles. The van der Waals surface area contributed by atoms with Gasteiger partial charge in [-0.25, -0.2) is 4.98 Å². The predicted molar refractivity (Wildman–Crippen MR) is 80.7 cm³/mol. The normalized spacial score (nSPS) is 16.5. The van der Waals surface area contributed by atoms with Gasteiger partial charge in [0.25, 0.3) is 5.56 Å². The highest BCUT2D eigenvalue weighted by molar-refractivity contribution is 9.10. The molecule has 0 radical (unpaired) electrons. The van der Waals surface area contributed by atoms with E-state index in [2.05, 4.69) is 43.0 Å². The van der Waals surface area contributed by atoms with Crippen LogP contribution in [0, 0.1) is 5.92 Å². The minimum Gasteiger partial charge on any atom is -0.355 e. The molecule has 1 aliphatic rings. The number of aromatic amines is 1. The molecular weight excluding hydrogens is 308 g/mol. The van der Waals surface area contributed by atoms with Gasteiger partial charge in [-0.05, 0) is 54.2 Å². The van der Waals surface area contributed by atoms with Gasteiger partial charge in [0.1, 0.15) is 10.3 Å². The molecule has 0 bridgehead atoms. The van der Waals surface area contributed by atoms with E-state index in [9.17, 15) is 4.79 Å². The summed E-state index contributed by atoms with van der Waals surface area (Å²) in [5.41, 5.74) is -0.114. The summed E-state index contributed by atoms with van der Waals surface area (Å²) in [4.78, 5) is 20.8. The second-order valence-corrected chi connectivity index (χ2v) is 5.80. The molecule has 0 aliphatic carbocycles. The molecule has 0 unspecified atom stereocenters. The summed E-state index contributed by atoms with van der Waals surface area (Å²) in [6.07, 6.45) is 4.92. The molecule has 2 rings (SSSR count). The van der Waals surface area contributed by atoms with Crippen molar-refractivity contribution in [1.29, 1.82) is 0 Å². The minimum atomic E-state index is -0.114. The van der Waals surface area contributed by atoms with Crippen LogP contribution in [0.4, 0.5) is 5.82 Å². The van der Waals surface area contributed by atoms with E-state index < -0.39 is 0 Å². The molecule has 106 valence electrons. The van der Waals surface area contributed by atoms with Gasteiger partial charge in [-0.15, -0.1) is 0 Å². The summed E-state index contributed by atoms with van der Waals surface area (Å²) >= 11 is 3.36. The largest absolute Gasteiger partial charge is 0.355 e. The number of anilines is 1. The first-order chi connectivity index (χ1) is 9.22. The minimum absolute atomic E-state index is 0.114. The molecule has 5 nitrogen and oxygen atoms in total. The third kappa shape index (κ3) is 3.79. The van der Waals surface area contributed by atoms with Crippen molar-refractivity contribution >= 4 is 21.7 Å². The number of hydrogen-bond donors (Lipinski definition) is 2. The summed E-state index contributed by atoms with van der Waals surface area (Å²) in [7, 11) is 0. The molecular formula is C13H21BrN4O. The third-order valence-corrected chi connectivity index (χ3v) is 4.22. The van der Waals surface area contributed by atoms with E-state index in [1.54, 1.807) is 0 Å². The lowest BCUT2D eigenvalue weighted by atomic mass is 9.97. The van der Waals surface area contributed by atoms with E-state index >= 15 is 0 Å². The molecule has 0 spiro atoms. The maximum atomic E-state index is 11.7. The highest BCUT2D eigenvalue weighted by Crippen LogP contribution is 2.22. The van der Waals surface area contributed by atoms with Gasteiger partial charge in [0, 0.05) is 13.1 Å². The zero-order valence-electron chi connectivity index (χ0n) is 11.3. The van der Waals surface area contributed by atoms with Gasteiger partial charge in [-0.2, -0.15) is 0 Å². The Morgan fingerprint density at radius 1 is 1.47 bits per heavy atom. The Labute approximate surface area is 121 Å². The van der Waals surface area contributed by atoms with Crippen LogP contribution in [0.25, 0.3) is 0 Å². The maximum absolute atomic E-state index is 11.7. The van der Waals surface area contributed by atoms with Crippen LogP contribution >= 0.6 is 15.9 Å². The molecule has 6 heteroatoms. The van der Waals surface area contributed by atoms with Gasteiger partial charge in [0.05, 0.1) is 6.33 Å². The monoisotopic (exact) mass is 328 g/mol. The summed E-state index contributed by atoms with van der Waals surface area (Å²) < 4.78 is 0.539. The van der Waals surface area contributed by atoms with Crippen molar-refractivity contribution in [2.45, 2.75) is 26.2 Å². The van der Waals surface area contributed by atoms with Crippen LogP contribution in [-0.2, 0) is 0 Å². The first-order valence-electron chi connectivity index (χ1n) is 6.91. The van der Waals surface area contributed by atoms with E-state index in [1.807, 2.05) is 0 Å². The van der Waals surface area contributed by atoms with Crippen LogP contribution in [0.5, 0.6) is 0 Å². The summed E-state index contributed by atoms with van der Waals surface area (Å²) in [6.45, 7) is 6.24.